The van der Waals surface area contributed by atoms with Crippen LogP contribution in [-0.2, 0) is 15.1 Å². The summed E-state index contributed by atoms with van der Waals surface area (Å²) in [5.74, 6) is 0.00340. The van der Waals surface area contributed by atoms with Crippen LogP contribution in [0.4, 0.5) is 0 Å². The predicted molar refractivity (Wildman–Crippen MR) is 96.1 cm³/mol. The molecule has 1 aromatic carbocycles. The van der Waals surface area contributed by atoms with Gasteiger partial charge in [-0.3, -0.25) is 4.90 Å². The minimum Gasteiger partial charge on any atom is -0.462 e. The quantitative estimate of drug-likeness (QED) is 0.827. The van der Waals surface area contributed by atoms with Crippen LogP contribution in [0.3, 0.4) is 0 Å². The first kappa shape index (κ1) is 19.2. The maximum Gasteiger partial charge on any atom is 0.343 e. The van der Waals surface area contributed by atoms with Gasteiger partial charge in [0.25, 0.3) is 0 Å². The highest BCUT2D eigenvalue weighted by Gasteiger charge is 2.43. The van der Waals surface area contributed by atoms with Crippen molar-refractivity contribution in [2.75, 3.05) is 19.7 Å². The zero-order valence-corrected chi connectivity index (χ0v) is 15.3. The number of aliphatic hydroxyl groups is 1. The number of rotatable bonds is 5. The van der Waals surface area contributed by atoms with Crippen molar-refractivity contribution in [3.8, 4) is 0 Å². The second-order valence-corrected chi connectivity index (χ2v) is 7.25. The first-order valence-electron chi connectivity index (χ1n) is 8.71. The summed E-state index contributed by atoms with van der Waals surface area (Å²) < 4.78 is 5.58. The molecule has 24 heavy (non-hydrogen) atoms. The maximum atomic E-state index is 12.7. The van der Waals surface area contributed by atoms with E-state index in [0.29, 0.717) is 18.2 Å². The molecule has 3 fully saturated rings. The van der Waals surface area contributed by atoms with Crippen molar-refractivity contribution < 1.29 is 14.6 Å². The van der Waals surface area contributed by atoms with E-state index in [-0.39, 0.29) is 18.3 Å². The van der Waals surface area contributed by atoms with Crippen molar-refractivity contribution in [1.82, 2.24) is 4.90 Å². The first-order chi connectivity index (χ1) is 11.0. The van der Waals surface area contributed by atoms with Gasteiger partial charge in [0, 0.05) is 6.04 Å². The molecule has 0 aliphatic carbocycles. The molecule has 0 radical (unpaired) electrons. The van der Waals surface area contributed by atoms with Crippen LogP contribution in [0.1, 0.15) is 38.7 Å². The number of halogens is 1. The fourth-order valence-corrected chi connectivity index (χ4v) is 3.92. The van der Waals surface area contributed by atoms with Crippen LogP contribution in [0, 0.1) is 11.8 Å². The van der Waals surface area contributed by atoms with Crippen LogP contribution in [0.25, 0.3) is 0 Å². The highest BCUT2D eigenvalue weighted by molar-refractivity contribution is 5.85. The van der Waals surface area contributed by atoms with Gasteiger partial charge in [0.2, 0.25) is 0 Å². The monoisotopic (exact) mass is 353 g/mol. The van der Waals surface area contributed by atoms with E-state index >= 15 is 0 Å². The minimum atomic E-state index is -1.58. The fourth-order valence-electron chi connectivity index (χ4n) is 3.92. The molecule has 3 saturated heterocycles. The molecule has 2 unspecified atom stereocenters. The molecule has 5 heteroatoms. The summed E-state index contributed by atoms with van der Waals surface area (Å²) in [6.07, 6.45) is 3.65. The average molecular weight is 354 g/mol. The third kappa shape index (κ3) is 3.61. The second kappa shape index (κ2) is 7.85. The van der Waals surface area contributed by atoms with Crippen LogP contribution in [0.5, 0.6) is 0 Å². The standard InChI is InChI=1S/C19H27NO3.ClH/c1-14(2)19(22,16-6-4-3-5-7-16)18(21)23-13-17-12-15-8-10-20(17)11-9-15;/h3-7,14-15,17,22H,8-13H2,1-2H3;1H. The number of nitrogens with zero attached hydrogens (tertiary/aromatic N) is 1. The number of ether oxygens (including phenoxy) is 1. The molecule has 3 aliphatic rings. The number of fused-ring (bicyclic) bond motifs is 3. The van der Waals surface area contributed by atoms with E-state index in [1.54, 1.807) is 12.1 Å². The fraction of sp³-hybridized carbons (Fsp3) is 0.632. The molecule has 3 aliphatic heterocycles. The Morgan fingerprint density at radius 2 is 1.92 bits per heavy atom. The molecule has 4 nitrogen and oxygen atoms in total. The van der Waals surface area contributed by atoms with Crippen molar-refractivity contribution in [1.29, 1.82) is 0 Å². The Bertz CT molecular complexity index is 543. The third-order valence-corrected chi connectivity index (χ3v) is 5.54. The lowest BCUT2D eigenvalue weighted by atomic mass is 9.83. The van der Waals surface area contributed by atoms with E-state index in [9.17, 15) is 9.90 Å². The minimum absolute atomic E-state index is 0. The van der Waals surface area contributed by atoms with E-state index in [0.717, 1.165) is 25.4 Å². The van der Waals surface area contributed by atoms with Crippen LogP contribution in [0.15, 0.2) is 30.3 Å². The van der Waals surface area contributed by atoms with Crippen molar-refractivity contribution in [3.63, 3.8) is 0 Å². The van der Waals surface area contributed by atoms with Gasteiger partial charge in [-0.2, -0.15) is 0 Å². The summed E-state index contributed by atoms with van der Waals surface area (Å²) in [5, 5.41) is 11.0. The molecule has 0 amide bonds. The number of benzene rings is 1. The van der Waals surface area contributed by atoms with Gasteiger partial charge in [-0.05, 0) is 49.8 Å². The zero-order chi connectivity index (χ0) is 16.4. The maximum absolute atomic E-state index is 12.7. The number of hydrogen-bond acceptors (Lipinski definition) is 4. The van der Waals surface area contributed by atoms with Gasteiger partial charge in [-0.15, -0.1) is 12.4 Å². The van der Waals surface area contributed by atoms with E-state index < -0.39 is 11.6 Å². The van der Waals surface area contributed by atoms with Crippen molar-refractivity contribution in [3.05, 3.63) is 35.9 Å². The van der Waals surface area contributed by atoms with Gasteiger partial charge >= 0.3 is 5.97 Å². The SMILES string of the molecule is CC(C)C(O)(C(=O)OCC1CC2CCN1CC2)c1ccccc1.Cl. The van der Waals surface area contributed by atoms with Crippen LogP contribution < -0.4 is 0 Å². The molecule has 1 N–H and O–H groups in total. The predicted octanol–water partition coefficient (Wildman–Crippen LogP) is 2.98. The molecule has 2 atom stereocenters. The lowest BCUT2D eigenvalue weighted by molar-refractivity contribution is -0.175. The van der Waals surface area contributed by atoms with Gasteiger partial charge in [-0.25, -0.2) is 4.79 Å². The molecule has 134 valence electrons. The lowest BCUT2D eigenvalue weighted by Crippen LogP contribution is -2.52. The van der Waals surface area contributed by atoms with E-state index in [1.807, 2.05) is 32.0 Å². The van der Waals surface area contributed by atoms with Gasteiger partial charge in [0.1, 0.15) is 6.61 Å². The molecule has 3 heterocycles. The van der Waals surface area contributed by atoms with Crippen molar-refractivity contribution in [2.45, 2.75) is 44.8 Å². The molecule has 0 spiro atoms. The highest BCUT2D eigenvalue weighted by Crippen LogP contribution is 2.34. The summed E-state index contributed by atoms with van der Waals surface area (Å²) in [5.41, 5.74) is -0.977. The number of carbonyl (C=O) groups is 1. The van der Waals surface area contributed by atoms with Gasteiger partial charge in [-0.1, -0.05) is 44.2 Å². The number of piperidine rings is 3. The molecule has 0 aromatic heterocycles. The smallest absolute Gasteiger partial charge is 0.343 e. The largest absolute Gasteiger partial charge is 0.462 e. The first-order valence-corrected chi connectivity index (χ1v) is 8.71. The lowest BCUT2D eigenvalue weighted by Gasteiger charge is -2.45. The third-order valence-electron chi connectivity index (χ3n) is 5.54. The van der Waals surface area contributed by atoms with Crippen LogP contribution >= 0.6 is 12.4 Å². The Hall–Kier alpha value is -1.10. The van der Waals surface area contributed by atoms with Gasteiger partial charge in [0.15, 0.2) is 5.60 Å². The summed E-state index contributed by atoms with van der Waals surface area (Å²) >= 11 is 0. The topological polar surface area (TPSA) is 49.8 Å². The Labute approximate surface area is 150 Å². The Morgan fingerprint density at radius 1 is 1.29 bits per heavy atom. The molecular formula is C19H28ClNO3. The average Bonchev–Trinajstić information content (AvgIpc) is 2.60. The van der Waals surface area contributed by atoms with Crippen LogP contribution in [-0.4, -0.2) is 41.7 Å². The van der Waals surface area contributed by atoms with E-state index in [2.05, 4.69) is 4.90 Å². The second-order valence-electron chi connectivity index (χ2n) is 7.25. The van der Waals surface area contributed by atoms with Crippen LogP contribution in [0.2, 0.25) is 0 Å². The molecule has 1 aromatic rings. The van der Waals surface area contributed by atoms with Gasteiger partial charge in [0.05, 0.1) is 0 Å². The molecule has 0 saturated carbocycles. The number of carbonyl (C=O) groups excluding carboxylic acids is 1. The Balaban J connectivity index is 0.00000208. The molecule has 4 rings (SSSR count). The summed E-state index contributed by atoms with van der Waals surface area (Å²) in [6, 6.07) is 9.44. The zero-order valence-electron chi connectivity index (χ0n) is 14.5. The van der Waals surface area contributed by atoms with E-state index in [1.165, 1.54) is 12.8 Å². The van der Waals surface area contributed by atoms with E-state index in [4.69, 9.17) is 4.74 Å². The summed E-state index contributed by atoms with van der Waals surface area (Å²) in [4.78, 5) is 15.1. The van der Waals surface area contributed by atoms with Gasteiger partial charge < -0.3 is 9.84 Å². The number of hydrogen-bond donors (Lipinski definition) is 1. The summed E-state index contributed by atoms with van der Waals surface area (Å²) in [6.45, 7) is 6.30. The van der Waals surface area contributed by atoms with Crippen molar-refractivity contribution >= 4 is 18.4 Å². The number of esters is 1. The Morgan fingerprint density at radius 3 is 2.42 bits per heavy atom. The molecule has 2 bridgehead atoms. The van der Waals surface area contributed by atoms with Crippen molar-refractivity contribution in [2.24, 2.45) is 11.8 Å². The highest BCUT2D eigenvalue weighted by atomic mass is 35.5. The summed E-state index contributed by atoms with van der Waals surface area (Å²) in [7, 11) is 0. The Kier molecular flexibility index (Phi) is 6.29. The molecular weight excluding hydrogens is 326 g/mol. The normalized spacial score (nSPS) is 28.1.